The van der Waals surface area contributed by atoms with E-state index in [-0.39, 0.29) is 41.1 Å². The summed E-state index contributed by atoms with van der Waals surface area (Å²) < 4.78 is 45.3. The maximum absolute atomic E-state index is 15.1. The first-order valence-corrected chi connectivity index (χ1v) is 18.1. The molecule has 10 heteroatoms. The van der Waals surface area contributed by atoms with Crippen LogP contribution in [-0.4, -0.2) is 43.8 Å². The van der Waals surface area contributed by atoms with E-state index >= 15 is 4.39 Å². The average molecular weight is 721 g/mol. The molecule has 0 bridgehead atoms. The molecule has 0 saturated heterocycles. The third-order valence-electron chi connectivity index (χ3n) is 8.52. The van der Waals surface area contributed by atoms with E-state index in [4.69, 9.17) is 0 Å². The molecule has 2 amide bonds. The summed E-state index contributed by atoms with van der Waals surface area (Å²) in [6.07, 6.45) is 4.98. The Kier molecular flexibility index (Phi) is 11.5. The minimum absolute atomic E-state index is 0.0235. The van der Waals surface area contributed by atoms with E-state index in [2.05, 4.69) is 21.2 Å². The van der Waals surface area contributed by atoms with Crippen LogP contribution in [-0.2, 0) is 32.6 Å². The molecule has 0 aromatic heterocycles. The molecule has 7 nitrogen and oxygen atoms in total. The Morgan fingerprint density at radius 3 is 2.17 bits per heavy atom. The van der Waals surface area contributed by atoms with Crippen LogP contribution in [0.5, 0.6) is 0 Å². The summed E-state index contributed by atoms with van der Waals surface area (Å²) in [5, 5.41) is 3.16. The molecular weight excluding hydrogens is 681 g/mol. The predicted molar refractivity (Wildman–Crippen MR) is 186 cm³/mol. The fourth-order valence-corrected chi connectivity index (χ4v) is 7.56. The number of rotatable bonds is 12. The maximum Gasteiger partial charge on any atom is 0.264 e. The van der Waals surface area contributed by atoms with Crippen molar-refractivity contribution in [3.63, 3.8) is 0 Å². The van der Waals surface area contributed by atoms with Gasteiger partial charge in [-0.1, -0.05) is 101 Å². The van der Waals surface area contributed by atoms with Gasteiger partial charge in [-0.3, -0.25) is 13.9 Å². The van der Waals surface area contributed by atoms with E-state index in [1.807, 2.05) is 37.3 Å². The number of sulfonamides is 1. The highest BCUT2D eigenvalue weighted by Crippen LogP contribution is 2.27. The summed E-state index contributed by atoms with van der Waals surface area (Å²) >= 11 is 3.40. The van der Waals surface area contributed by atoms with Crippen LogP contribution < -0.4 is 9.62 Å². The highest BCUT2D eigenvalue weighted by molar-refractivity contribution is 9.10. The fourth-order valence-electron chi connectivity index (χ4n) is 5.88. The minimum atomic E-state index is -4.22. The molecule has 246 valence electrons. The number of halogens is 2. The van der Waals surface area contributed by atoms with Crippen molar-refractivity contribution in [2.75, 3.05) is 10.8 Å². The summed E-state index contributed by atoms with van der Waals surface area (Å²) in [6, 6.07) is 27.4. The van der Waals surface area contributed by atoms with Gasteiger partial charge in [-0.05, 0) is 67.8 Å². The molecule has 1 atom stereocenters. The standard InChI is InChI=1S/C37H39BrFN3O4S/c1-27-16-22-33(23-17-27)47(45,46)42(32-20-18-30(38)19-21-32)26-36(43)41(25-29-12-8-9-15-34(29)39)35(24-28-10-4-2-5-11-28)37(44)40-31-13-6-3-7-14-31/h2,4-5,8-12,15-23,31,35H,3,6-7,13-14,24-26H2,1H3,(H,40,44)/t35-/m0/s1. The van der Waals surface area contributed by atoms with Crippen molar-refractivity contribution in [2.24, 2.45) is 0 Å². The summed E-state index contributed by atoms with van der Waals surface area (Å²) in [5.41, 5.74) is 2.21. The lowest BCUT2D eigenvalue weighted by molar-refractivity contribution is -0.140. The Morgan fingerprint density at radius 2 is 1.51 bits per heavy atom. The van der Waals surface area contributed by atoms with E-state index in [0.717, 1.165) is 52.0 Å². The quantitative estimate of drug-likeness (QED) is 0.168. The van der Waals surface area contributed by atoms with Gasteiger partial charge in [0, 0.05) is 29.0 Å². The molecule has 0 spiro atoms. The van der Waals surface area contributed by atoms with Crippen molar-refractivity contribution >= 4 is 43.5 Å². The van der Waals surface area contributed by atoms with Crippen LogP contribution >= 0.6 is 15.9 Å². The van der Waals surface area contributed by atoms with Crippen molar-refractivity contribution < 1.29 is 22.4 Å². The Morgan fingerprint density at radius 1 is 0.872 bits per heavy atom. The predicted octanol–water partition coefficient (Wildman–Crippen LogP) is 7.18. The molecule has 4 aromatic carbocycles. The lowest BCUT2D eigenvalue weighted by Gasteiger charge is -2.35. The molecule has 1 saturated carbocycles. The van der Waals surface area contributed by atoms with E-state index in [1.54, 1.807) is 54.6 Å². The number of nitrogens with one attached hydrogen (secondary N) is 1. The number of hydrogen-bond acceptors (Lipinski definition) is 4. The van der Waals surface area contributed by atoms with Crippen LogP contribution in [0.1, 0.15) is 48.8 Å². The molecule has 1 aliphatic rings. The number of amides is 2. The molecule has 0 radical (unpaired) electrons. The minimum Gasteiger partial charge on any atom is -0.352 e. The SMILES string of the molecule is Cc1ccc(S(=O)(=O)N(CC(=O)N(Cc2ccccc2F)[C@@H](Cc2ccccc2)C(=O)NC2CCCCC2)c2ccc(Br)cc2)cc1. The topological polar surface area (TPSA) is 86.8 Å². The van der Waals surface area contributed by atoms with E-state index in [9.17, 15) is 18.0 Å². The number of nitrogens with zero attached hydrogens (tertiary/aromatic N) is 2. The van der Waals surface area contributed by atoms with Gasteiger partial charge in [0.1, 0.15) is 18.4 Å². The molecule has 5 rings (SSSR count). The molecule has 47 heavy (non-hydrogen) atoms. The zero-order valence-corrected chi connectivity index (χ0v) is 28.7. The van der Waals surface area contributed by atoms with Gasteiger partial charge < -0.3 is 10.2 Å². The molecule has 0 heterocycles. The number of benzene rings is 4. The van der Waals surface area contributed by atoms with Gasteiger partial charge in [0.15, 0.2) is 0 Å². The zero-order chi connectivity index (χ0) is 33.4. The largest absolute Gasteiger partial charge is 0.352 e. The first-order chi connectivity index (χ1) is 22.6. The highest BCUT2D eigenvalue weighted by atomic mass is 79.9. The lowest BCUT2D eigenvalue weighted by Crippen LogP contribution is -2.55. The van der Waals surface area contributed by atoms with Gasteiger partial charge >= 0.3 is 0 Å². The van der Waals surface area contributed by atoms with E-state index in [0.29, 0.717) is 0 Å². The summed E-state index contributed by atoms with van der Waals surface area (Å²) in [5.74, 6) is -1.50. The monoisotopic (exact) mass is 719 g/mol. The van der Waals surface area contributed by atoms with Crippen molar-refractivity contribution in [1.82, 2.24) is 10.2 Å². The van der Waals surface area contributed by atoms with Gasteiger partial charge in [0.2, 0.25) is 11.8 Å². The van der Waals surface area contributed by atoms with Crippen LogP contribution in [0.15, 0.2) is 112 Å². The highest BCUT2D eigenvalue weighted by Gasteiger charge is 2.35. The molecule has 4 aromatic rings. The van der Waals surface area contributed by atoms with Crippen LogP contribution in [0, 0.1) is 12.7 Å². The number of hydrogen-bond donors (Lipinski definition) is 1. The number of carbonyl (C=O) groups is 2. The third-order valence-corrected chi connectivity index (χ3v) is 10.8. The van der Waals surface area contributed by atoms with E-state index in [1.165, 1.54) is 23.1 Å². The average Bonchev–Trinajstić information content (AvgIpc) is 3.07. The smallest absolute Gasteiger partial charge is 0.264 e. The molecular formula is C37H39BrFN3O4S. The number of aryl methyl sites for hydroxylation is 1. The van der Waals surface area contributed by atoms with Crippen LogP contribution in [0.4, 0.5) is 10.1 Å². The second-order valence-electron chi connectivity index (χ2n) is 12.0. The van der Waals surface area contributed by atoms with Gasteiger partial charge in [0.25, 0.3) is 10.0 Å². The van der Waals surface area contributed by atoms with Crippen LogP contribution in [0.2, 0.25) is 0 Å². The molecule has 1 N–H and O–H groups in total. The van der Waals surface area contributed by atoms with Gasteiger partial charge in [-0.25, -0.2) is 12.8 Å². The Balaban J connectivity index is 1.56. The summed E-state index contributed by atoms with van der Waals surface area (Å²) in [6.45, 7) is 1.03. The zero-order valence-electron chi connectivity index (χ0n) is 26.3. The first-order valence-electron chi connectivity index (χ1n) is 15.8. The Bertz CT molecular complexity index is 1760. The van der Waals surface area contributed by atoms with Gasteiger partial charge in [-0.2, -0.15) is 0 Å². The maximum atomic E-state index is 15.1. The van der Waals surface area contributed by atoms with E-state index < -0.39 is 34.3 Å². The number of anilines is 1. The Labute approximate surface area is 285 Å². The Hall–Kier alpha value is -4.02. The van der Waals surface area contributed by atoms with Crippen molar-refractivity contribution in [3.8, 4) is 0 Å². The molecule has 1 aliphatic carbocycles. The van der Waals surface area contributed by atoms with Crippen LogP contribution in [0.25, 0.3) is 0 Å². The third kappa shape index (κ3) is 8.87. The second kappa shape index (κ2) is 15.7. The normalized spacial score (nSPS) is 14.3. The fraction of sp³-hybridized carbons (Fsp3) is 0.297. The van der Waals surface area contributed by atoms with Crippen LogP contribution in [0.3, 0.4) is 0 Å². The second-order valence-corrected chi connectivity index (χ2v) is 14.7. The van der Waals surface area contributed by atoms with Gasteiger partial charge in [0.05, 0.1) is 10.6 Å². The van der Waals surface area contributed by atoms with Gasteiger partial charge in [-0.15, -0.1) is 0 Å². The lowest BCUT2D eigenvalue weighted by atomic mass is 9.94. The summed E-state index contributed by atoms with van der Waals surface area (Å²) in [4.78, 5) is 30.1. The van der Waals surface area contributed by atoms with Crippen molar-refractivity contribution in [2.45, 2.75) is 69.0 Å². The van der Waals surface area contributed by atoms with Crippen molar-refractivity contribution in [1.29, 1.82) is 0 Å². The molecule has 1 fully saturated rings. The number of carbonyl (C=O) groups excluding carboxylic acids is 2. The van der Waals surface area contributed by atoms with Crippen molar-refractivity contribution in [3.05, 3.63) is 130 Å². The first kappa shape index (κ1) is 34.3. The molecule has 0 aliphatic heterocycles. The summed E-state index contributed by atoms with van der Waals surface area (Å²) in [7, 11) is -4.22. The molecule has 0 unspecified atom stereocenters.